The van der Waals surface area contributed by atoms with Crippen molar-refractivity contribution in [3.8, 4) is 11.5 Å². The normalized spacial score (nSPS) is 10.7. The molecule has 3 aromatic carbocycles. The quantitative estimate of drug-likeness (QED) is 0.599. The molecule has 156 valence electrons. The minimum Gasteiger partial charge on any atom is -0.497 e. The van der Waals surface area contributed by atoms with E-state index in [1.165, 1.54) is 7.11 Å². The summed E-state index contributed by atoms with van der Waals surface area (Å²) < 4.78 is 10.4. The number of fused-ring (bicyclic) bond motifs is 1. The zero-order chi connectivity index (χ0) is 21.5. The first kappa shape index (κ1) is 21.1. The van der Waals surface area contributed by atoms with Crippen molar-refractivity contribution in [2.45, 2.75) is 0 Å². The number of likely N-dealkylation sites (N-methyl/N-ethyl adjacent to an activating group) is 1. The highest BCUT2D eigenvalue weighted by molar-refractivity contribution is 6.03. The zero-order valence-corrected chi connectivity index (χ0v) is 17.3. The Morgan fingerprint density at radius 1 is 0.833 bits per heavy atom. The summed E-state index contributed by atoms with van der Waals surface area (Å²) in [7, 11) is 4.80. The van der Waals surface area contributed by atoms with E-state index in [1.807, 2.05) is 42.5 Å². The van der Waals surface area contributed by atoms with E-state index in [1.54, 1.807) is 37.3 Å². The Morgan fingerprint density at radius 3 is 2.20 bits per heavy atom. The highest BCUT2D eigenvalue weighted by Gasteiger charge is 2.14. The Hall–Kier alpha value is -3.58. The first-order valence-corrected chi connectivity index (χ1v) is 9.48. The molecule has 2 N–H and O–H groups in total. The average molecular weight is 407 g/mol. The SMILES string of the molecule is COc1ccc(NC(=O)CN(C)CC(=O)Nc2cccc3ccccc23)c(OC)c1. The summed E-state index contributed by atoms with van der Waals surface area (Å²) in [5.41, 5.74) is 1.29. The van der Waals surface area contributed by atoms with E-state index in [-0.39, 0.29) is 24.9 Å². The number of carbonyl (C=O) groups excluding carboxylic acids is 2. The van der Waals surface area contributed by atoms with Gasteiger partial charge in [0.05, 0.1) is 33.0 Å². The molecule has 0 unspecified atom stereocenters. The van der Waals surface area contributed by atoms with Gasteiger partial charge in [0.2, 0.25) is 11.8 Å². The third kappa shape index (κ3) is 5.27. The highest BCUT2D eigenvalue weighted by Crippen LogP contribution is 2.29. The van der Waals surface area contributed by atoms with Crippen LogP contribution in [0.1, 0.15) is 0 Å². The summed E-state index contributed by atoms with van der Waals surface area (Å²) in [6.07, 6.45) is 0. The third-order valence-corrected chi connectivity index (χ3v) is 4.57. The summed E-state index contributed by atoms with van der Waals surface area (Å²) in [4.78, 5) is 26.5. The molecule has 30 heavy (non-hydrogen) atoms. The Labute approximate surface area is 175 Å². The monoisotopic (exact) mass is 407 g/mol. The molecule has 0 atom stereocenters. The van der Waals surface area contributed by atoms with Crippen molar-refractivity contribution in [3.63, 3.8) is 0 Å². The first-order chi connectivity index (χ1) is 14.5. The van der Waals surface area contributed by atoms with Crippen molar-refractivity contribution in [3.05, 3.63) is 60.7 Å². The van der Waals surface area contributed by atoms with Crippen LogP contribution in [0.15, 0.2) is 60.7 Å². The minimum absolute atomic E-state index is 0.0537. The number of hydrogen-bond donors (Lipinski definition) is 2. The Bertz CT molecular complexity index is 1050. The number of ether oxygens (including phenoxy) is 2. The van der Waals surface area contributed by atoms with Gasteiger partial charge in [-0.15, -0.1) is 0 Å². The van der Waals surface area contributed by atoms with Gasteiger partial charge in [-0.2, -0.15) is 0 Å². The second kappa shape index (κ2) is 9.76. The van der Waals surface area contributed by atoms with Crippen LogP contribution in [0.25, 0.3) is 10.8 Å². The van der Waals surface area contributed by atoms with Gasteiger partial charge in [0.1, 0.15) is 11.5 Å². The van der Waals surface area contributed by atoms with E-state index < -0.39 is 0 Å². The molecular weight excluding hydrogens is 382 g/mol. The maximum atomic E-state index is 12.5. The molecule has 0 aliphatic carbocycles. The number of nitrogens with zero attached hydrogens (tertiary/aromatic N) is 1. The largest absolute Gasteiger partial charge is 0.497 e. The van der Waals surface area contributed by atoms with E-state index >= 15 is 0 Å². The summed E-state index contributed by atoms with van der Waals surface area (Å²) in [5, 5.41) is 7.75. The molecule has 7 nitrogen and oxygen atoms in total. The highest BCUT2D eigenvalue weighted by atomic mass is 16.5. The van der Waals surface area contributed by atoms with Crippen LogP contribution >= 0.6 is 0 Å². The fourth-order valence-electron chi connectivity index (χ4n) is 3.16. The molecule has 0 aromatic heterocycles. The van der Waals surface area contributed by atoms with Gasteiger partial charge < -0.3 is 20.1 Å². The van der Waals surface area contributed by atoms with Gasteiger partial charge in [-0.25, -0.2) is 0 Å². The van der Waals surface area contributed by atoms with Crippen LogP contribution in [0.2, 0.25) is 0 Å². The Kier molecular flexibility index (Phi) is 6.87. The predicted octanol–water partition coefficient (Wildman–Crippen LogP) is 3.37. The summed E-state index contributed by atoms with van der Waals surface area (Å²) in [5.74, 6) is 0.689. The molecule has 0 heterocycles. The van der Waals surface area contributed by atoms with Gasteiger partial charge in [0, 0.05) is 17.1 Å². The van der Waals surface area contributed by atoms with Crippen LogP contribution in [-0.2, 0) is 9.59 Å². The van der Waals surface area contributed by atoms with Crippen LogP contribution < -0.4 is 20.1 Å². The smallest absolute Gasteiger partial charge is 0.238 e. The summed E-state index contributed by atoms with van der Waals surface area (Å²) in [6, 6.07) is 18.7. The van der Waals surface area contributed by atoms with Crippen molar-refractivity contribution in [2.75, 3.05) is 45.0 Å². The topological polar surface area (TPSA) is 79.9 Å². The average Bonchev–Trinajstić information content (AvgIpc) is 2.74. The lowest BCUT2D eigenvalue weighted by molar-refractivity contribution is -0.119. The zero-order valence-electron chi connectivity index (χ0n) is 17.3. The number of nitrogens with one attached hydrogen (secondary N) is 2. The molecule has 0 fully saturated rings. The molecule has 0 saturated carbocycles. The van der Waals surface area contributed by atoms with Gasteiger partial charge in [-0.05, 0) is 30.6 Å². The standard InChI is InChI=1S/C23H25N3O4/c1-26(15-23(28)25-20-12-11-17(29-2)13-21(20)30-3)14-22(27)24-19-10-6-8-16-7-4-5-9-18(16)19/h4-13H,14-15H2,1-3H3,(H,24,27)(H,25,28). The molecule has 0 aliphatic heterocycles. The molecule has 0 bridgehead atoms. The third-order valence-electron chi connectivity index (χ3n) is 4.57. The van der Waals surface area contributed by atoms with Crippen molar-refractivity contribution in [1.82, 2.24) is 4.90 Å². The minimum atomic E-state index is -0.251. The number of rotatable bonds is 8. The van der Waals surface area contributed by atoms with Crippen molar-refractivity contribution in [1.29, 1.82) is 0 Å². The van der Waals surface area contributed by atoms with Crippen LogP contribution in [0.3, 0.4) is 0 Å². The molecule has 3 aromatic rings. The number of methoxy groups -OCH3 is 2. The van der Waals surface area contributed by atoms with Crippen LogP contribution in [0.4, 0.5) is 11.4 Å². The maximum absolute atomic E-state index is 12.5. The first-order valence-electron chi connectivity index (χ1n) is 9.48. The molecule has 0 saturated heterocycles. The van der Waals surface area contributed by atoms with Crippen LogP contribution in [0, 0.1) is 0 Å². The lowest BCUT2D eigenvalue weighted by Gasteiger charge is -2.17. The maximum Gasteiger partial charge on any atom is 0.238 e. The lowest BCUT2D eigenvalue weighted by atomic mass is 10.1. The fourth-order valence-corrected chi connectivity index (χ4v) is 3.16. The van der Waals surface area contributed by atoms with Gasteiger partial charge >= 0.3 is 0 Å². The number of anilines is 2. The van der Waals surface area contributed by atoms with Crippen LogP contribution in [0.5, 0.6) is 11.5 Å². The molecule has 2 amide bonds. The number of amides is 2. The van der Waals surface area contributed by atoms with E-state index in [9.17, 15) is 9.59 Å². The van der Waals surface area contributed by atoms with E-state index in [0.29, 0.717) is 17.2 Å². The Balaban J connectivity index is 1.56. The fraction of sp³-hybridized carbons (Fsp3) is 0.217. The number of benzene rings is 3. The molecule has 7 heteroatoms. The van der Waals surface area contributed by atoms with E-state index in [2.05, 4.69) is 10.6 Å². The van der Waals surface area contributed by atoms with Crippen molar-refractivity contribution in [2.24, 2.45) is 0 Å². The molecule has 0 radical (unpaired) electrons. The second-order valence-electron chi connectivity index (χ2n) is 6.86. The van der Waals surface area contributed by atoms with Crippen LogP contribution in [-0.4, -0.2) is 51.1 Å². The van der Waals surface area contributed by atoms with Gasteiger partial charge in [0.25, 0.3) is 0 Å². The number of carbonyl (C=O) groups is 2. The van der Waals surface area contributed by atoms with E-state index in [4.69, 9.17) is 9.47 Å². The lowest BCUT2D eigenvalue weighted by Crippen LogP contribution is -2.36. The van der Waals surface area contributed by atoms with Gasteiger partial charge in [-0.3, -0.25) is 14.5 Å². The van der Waals surface area contributed by atoms with Gasteiger partial charge in [0.15, 0.2) is 0 Å². The van der Waals surface area contributed by atoms with Crippen molar-refractivity contribution < 1.29 is 19.1 Å². The summed E-state index contributed by atoms with van der Waals surface area (Å²) in [6.45, 7) is 0.133. The Morgan fingerprint density at radius 2 is 1.50 bits per heavy atom. The van der Waals surface area contributed by atoms with Gasteiger partial charge in [-0.1, -0.05) is 36.4 Å². The molecule has 3 rings (SSSR count). The predicted molar refractivity (Wildman–Crippen MR) is 118 cm³/mol. The van der Waals surface area contributed by atoms with E-state index in [0.717, 1.165) is 16.5 Å². The van der Waals surface area contributed by atoms with Crippen molar-refractivity contribution >= 4 is 34.0 Å². The summed E-state index contributed by atoms with van der Waals surface area (Å²) >= 11 is 0. The number of hydrogen-bond acceptors (Lipinski definition) is 5. The molecule has 0 spiro atoms. The molecular formula is C23H25N3O4. The molecule has 0 aliphatic rings. The second-order valence-corrected chi connectivity index (χ2v) is 6.86.